The number of hydrogen-bond donors (Lipinski definition) is 2. The Morgan fingerprint density at radius 2 is 2.10 bits per heavy atom. The molecular weight excluding hydrogens is 309 g/mol. The molecule has 0 aliphatic rings. The van der Waals surface area contributed by atoms with Gasteiger partial charge in [-0.25, -0.2) is 0 Å². The van der Waals surface area contributed by atoms with E-state index in [2.05, 4.69) is 10.4 Å². The number of nitrogens with zero attached hydrogens (tertiary/aromatic N) is 2. The van der Waals surface area contributed by atoms with Crippen LogP contribution >= 0.6 is 11.6 Å². The topological polar surface area (TPSA) is 72.9 Å². The number of aromatic nitrogens is 2. The number of carbonyl (C=O) groups excluding carboxylic acids is 1. The first-order valence-electron chi connectivity index (χ1n) is 5.71. The molecule has 2 aromatic rings. The lowest BCUT2D eigenvalue weighted by Gasteiger charge is -2.11. The normalized spacial score (nSPS) is 11.4. The van der Waals surface area contributed by atoms with Gasteiger partial charge in [0.1, 0.15) is 12.4 Å². The third kappa shape index (κ3) is 3.88. The van der Waals surface area contributed by atoms with Gasteiger partial charge in [-0.3, -0.25) is 9.48 Å². The van der Waals surface area contributed by atoms with Gasteiger partial charge in [-0.05, 0) is 24.3 Å². The van der Waals surface area contributed by atoms with Crippen LogP contribution in [0.4, 0.5) is 24.7 Å². The van der Waals surface area contributed by atoms with Gasteiger partial charge in [-0.15, -0.1) is 0 Å². The molecule has 112 valence electrons. The summed E-state index contributed by atoms with van der Waals surface area (Å²) in [4.78, 5) is 11.7. The van der Waals surface area contributed by atoms with Gasteiger partial charge in [0.25, 0.3) is 0 Å². The molecule has 0 saturated carbocycles. The molecular formula is C12H10ClF3N4O. The van der Waals surface area contributed by atoms with Crippen LogP contribution in [0.15, 0.2) is 30.5 Å². The highest BCUT2D eigenvalue weighted by atomic mass is 35.5. The molecule has 1 aromatic carbocycles. The van der Waals surface area contributed by atoms with Crippen LogP contribution in [0.1, 0.15) is 5.56 Å². The monoisotopic (exact) mass is 318 g/mol. The molecule has 0 atom stereocenters. The maximum absolute atomic E-state index is 12.7. The van der Waals surface area contributed by atoms with Crippen LogP contribution in [0.2, 0.25) is 5.02 Å². The largest absolute Gasteiger partial charge is 0.417 e. The highest BCUT2D eigenvalue weighted by Crippen LogP contribution is 2.36. The van der Waals surface area contributed by atoms with Crippen LogP contribution in [0.5, 0.6) is 0 Å². The zero-order valence-corrected chi connectivity index (χ0v) is 11.2. The molecule has 1 heterocycles. The van der Waals surface area contributed by atoms with Crippen molar-refractivity contribution in [3.8, 4) is 0 Å². The Morgan fingerprint density at radius 1 is 1.38 bits per heavy atom. The lowest BCUT2D eigenvalue weighted by atomic mass is 10.2. The number of hydrogen-bond acceptors (Lipinski definition) is 3. The van der Waals surface area contributed by atoms with Crippen molar-refractivity contribution < 1.29 is 18.0 Å². The van der Waals surface area contributed by atoms with Gasteiger partial charge in [0.05, 0.1) is 10.6 Å². The lowest BCUT2D eigenvalue weighted by Crippen LogP contribution is -2.19. The van der Waals surface area contributed by atoms with Gasteiger partial charge in [0.2, 0.25) is 5.91 Å². The lowest BCUT2D eigenvalue weighted by molar-refractivity contribution is -0.137. The Bertz CT molecular complexity index is 669. The van der Waals surface area contributed by atoms with E-state index >= 15 is 0 Å². The minimum Gasteiger partial charge on any atom is -0.382 e. The Morgan fingerprint density at radius 3 is 2.67 bits per heavy atom. The fourth-order valence-corrected chi connectivity index (χ4v) is 1.86. The van der Waals surface area contributed by atoms with Crippen molar-refractivity contribution in [2.45, 2.75) is 12.7 Å². The molecule has 1 amide bonds. The number of halogens is 4. The molecule has 9 heteroatoms. The summed E-state index contributed by atoms with van der Waals surface area (Å²) in [7, 11) is 0. The second kappa shape index (κ2) is 5.65. The van der Waals surface area contributed by atoms with E-state index < -0.39 is 22.7 Å². The van der Waals surface area contributed by atoms with E-state index in [0.29, 0.717) is 0 Å². The fourth-order valence-electron chi connectivity index (χ4n) is 1.63. The molecule has 0 radical (unpaired) electrons. The first-order valence-corrected chi connectivity index (χ1v) is 6.09. The maximum atomic E-state index is 12.7. The van der Waals surface area contributed by atoms with Gasteiger partial charge in [-0.2, -0.15) is 18.3 Å². The number of rotatable bonds is 3. The minimum atomic E-state index is -4.59. The summed E-state index contributed by atoms with van der Waals surface area (Å²) in [6, 6.07) is 4.63. The summed E-state index contributed by atoms with van der Waals surface area (Å²) >= 11 is 5.49. The van der Waals surface area contributed by atoms with E-state index in [1.807, 2.05) is 0 Å². The van der Waals surface area contributed by atoms with Gasteiger partial charge in [-0.1, -0.05) is 11.6 Å². The number of anilines is 2. The van der Waals surface area contributed by atoms with E-state index in [4.69, 9.17) is 17.3 Å². The molecule has 0 bridgehead atoms. The minimum absolute atomic E-state index is 0.00291. The molecule has 1 aromatic heterocycles. The Balaban J connectivity index is 2.11. The van der Waals surface area contributed by atoms with Crippen molar-refractivity contribution in [1.29, 1.82) is 0 Å². The number of benzene rings is 1. The Hall–Kier alpha value is -2.22. The number of nitrogens with one attached hydrogen (secondary N) is 1. The van der Waals surface area contributed by atoms with Crippen LogP contribution in [0, 0.1) is 0 Å². The van der Waals surface area contributed by atoms with Crippen molar-refractivity contribution in [2.24, 2.45) is 0 Å². The highest BCUT2D eigenvalue weighted by molar-refractivity contribution is 6.31. The molecule has 3 N–H and O–H groups in total. The van der Waals surface area contributed by atoms with Crippen molar-refractivity contribution in [3.05, 3.63) is 41.0 Å². The molecule has 0 unspecified atom stereocenters. The summed E-state index contributed by atoms with van der Waals surface area (Å²) in [6.45, 7) is -0.165. The predicted molar refractivity (Wildman–Crippen MR) is 71.7 cm³/mol. The second-order valence-electron chi connectivity index (χ2n) is 4.18. The molecule has 2 rings (SSSR count). The summed E-state index contributed by atoms with van der Waals surface area (Å²) in [5.74, 6) is -0.290. The third-order valence-corrected chi connectivity index (χ3v) is 2.85. The molecule has 5 nitrogen and oxygen atoms in total. The van der Waals surface area contributed by atoms with Crippen molar-refractivity contribution in [1.82, 2.24) is 9.78 Å². The van der Waals surface area contributed by atoms with Crippen LogP contribution in [-0.2, 0) is 17.5 Å². The number of carbonyl (C=O) groups is 1. The van der Waals surface area contributed by atoms with E-state index in [1.54, 1.807) is 0 Å². The molecule has 0 aliphatic heterocycles. The van der Waals surface area contributed by atoms with Gasteiger partial charge < -0.3 is 11.1 Å². The van der Waals surface area contributed by atoms with Crippen LogP contribution in [-0.4, -0.2) is 15.7 Å². The average Bonchev–Trinajstić information content (AvgIpc) is 2.75. The van der Waals surface area contributed by atoms with Gasteiger partial charge >= 0.3 is 6.18 Å². The molecule has 0 aliphatic carbocycles. The van der Waals surface area contributed by atoms with E-state index in [-0.39, 0.29) is 18.1 Å². The van der Waals surface area contributed by atoms with Crippen LogP contribution in [0.25, 0.3) is 0 Å². The number of alkyl halides is 3. The number of nitrogens with two attached hydrogens (primary N) is 1. The quantitative estimate of drug-likeness (QED) is 0.914. The van der Waals surface area contributed by atoms with Crippen molar-refractivity contribution >= 4 is 29.0 Å². The Labute approximate surface area is 122 Å². The SMILES string of the molecule is Nc1ccn(CC(=O)Nc2ccc(Cl)c(C(F)(F)F)c2)n1. The number of amides is 1. The third-order valence-electron chi connectivity index (χ3n) is 2.52. The van der Waals surface area contributed by atoms with E-state index in [1.165, 1.54) is 23.0 Å². The smallest absolute Gasteiger partial charge is 0.382 e. The summed E-state index contributed by atoms with van der Waals surface area (Å²) in [5.41, 5.74) is 4.38. The van der Waals surface area contributed by atoms with Crippen molar-refractivity contribution in [2.75, 3.05) is 11.1 Å². The first kappa shape index (κ1) is 15.2. The molecule has 21 heavy (non-hydrogen) atoms. The zero-order chi connectivity index (χ0) is 15.6. The van der Waals surface area contributed by atoms with Gasteiger partial charge in [0, 0.05) is 11.9 Å². The molecule has 0 saturated heterocycles. The van der Waals surface area contributed by atoms with Crippen LogP contribution < -0.4 is 11.1 Å². The second-order valence-corrected chi connectivity index (χ2v) is 4.59. The zero-order valence-electron chi connectivity index (χ0n) is 10.5. The first-order chi connectivity index (χ1) is 9.75. The summed E-state index contributed by atoms with van der Waals surface area (Å²) in [5, 5.41) is 5.71. The fraction of sp³-hybridized carbons (Fsp3) is 0.167. The van der Waals surface area contributed by atoms with Gasteiger partial charge in [0.15, 0.2) is 0 Å². The Kier molecular flexibility index (Phi) is 4.08. The van der Waals surface area contributed by atoms with Crippen molar-refractivity contribution in [3.63, 3.8) is 0 Å². The average molecular weight is 319 g/mol. The summed E-state index contributed by atoms with van der Waals surface area (Å²) < 4.78 is 39.3. The standard InChI is InChI=1S/C12H10ClF3N4O/c13-9-2-1-7(5-8(9)12(14,15)16)18-11(21)6-20-4-3-10(17)19-20/h1-5H,6H2,(H2,17,19)(H,18,21). The highest BCUT2D eigenvalue weighted by Gasteiger charge is 2.33. The summed E-state index contributed by atoms with van der Waals surface area (Å²) in [6.07, 6.45) is -3.10. The maximum Gasteiger partial charge on any atom is 0.417 e. The molecule has 0 fully saturated rings. The predicted octanol–water partition coefficient (Wildman–Crippen LogP) is 2.78. The number of nitrogen functional groups attached to an aromatic ring is 1. The molecule has 0 spiro atoms. The van der Waals surface area contributed by atoms with E-state index in [9.17, 15) is 18.0 Å². The van der Waals surface area contributed by atoms with Crippen LogP contribution in [0.3, 0.4) is 0 Å². The van der Waals surface area contributed by atoms with E-state index in [0.717, 1.165) is 12.1 Å².